The van der Waals surface area contributed by atoms with Gasteiger partial charge in [0.25, 0.3) is 23.8 Å². The fourth-order valence-electron chi connectivity index (χ4n) is 7.58. The zero-order valence-corrected chi connectivity index (χ0v) is 32.2. The second-order valence-electron chi connectivity index (χ2n) is 14.0. The lowest BCUT2D eigenvalue weighted by Crippen LogP contribution is -2.54. The summed E-state index contributed by atoms with van der Waals surface area (Å²) in [4.78, 5) is 81.0. The number of piperidine rings is 1. The van der Waals surface area contributed by atoms with Gasteiger partial charge in [0.1, 0.15) is 23.3 Å². The molecule has 1 atom stereocenters. The van der Waals surface area contributed by atoms with Crippen molar-refractivity contribution in [3.8, 4) is 28.4 Å². The highest BCUT2D eigenvalue weighted by Crippen LogP contribution is 2.38. The van der Waals surface area contributed by atoms with Crippen molar-refractivity contribution in [2.45, 2.75) is 44.7 Å². The van der Waals surface area contributed by atoms with Crippen molar-refractivity contribution in [3.63, 3.8) is 0 Å². The normalized spacial score (nSPS) is 17.2. The Hall–Kier alpha value is -6.13. The second-order valence-corrected chi connectivity index (χ2v) is 14.0. The molecule has 2 aromatic heterocycles. The minimum absolute atomic E-state index is 0.0775. The number of fused-ring (bicyclic) bond motifs is 2. The first kappa shape index (κ1) is 40.5. The molecule has 0 bridgehead atoms. The summed E-state index contributed by atoms with van der Waals surface area (Å²) in [6.07, 6.45) is 8.18. The van der Waals surface area contributed by atoms with E-state index in [2.05, 4.69) is 20.1 Å². The predicted octanol–water partition coefficient (Wildman–Crippen LogP) is 3.09. The number of unbranched alkanes of at least 4 members (excludes halogenated alkanes) is 2. The van der Waals surface area contributed by atoms with Crippen LogP contribution >= 0.6 is 0 Å². The van der Waals surface area contributed by atoms with Crippen LogP contribution in [0, 0.1) is 0 Å². The third-order valence-corrected chi connectivity index (χ3v) is 10.5. The zero-order chi connectivity index (χ0) is 40.6. The van der Waals surface area contributed by atoms with Crippen molar-refractivity contribution < 1.29 is 43.3 Å². The molecule has 1 unspecified atom stereocenters. The first-order valence-electron chi connectivity index (χ1n) is 18.8. The highest BCUT2D eigenvalue weighted by atomic mass is 16.5. The largest absolute Gasteiger partial charge is 0.496 e. The number of aromatic nitrogens is 2. The summed E-state index contributed by atoms with van der Waals surface area (Å²) >= 11 is 0. The Morgan fingerprint density at radius 2 is 1.54 bits per heavy atom. The van der Waals surface area contributed by atoms with Gasteiger partial charge in [0.05, 0.1) is 42.9 Å². The smallest absolute Gasteiger partial charge is 0.290 e. The molecular weight excluding hydrogens is 736 g/mol. The molecule has 57 heavy (non-hydrogen) atoms. The van der Waals surface area contributed by atoms with E-state index in [9.17, 15) is 24.0 Å². The minimum Gasteiger partial charge on any atom is -0.496 e. The van der Waals surface area contributed by atoms with Crippen molar-refractivity contribution in [2.24, 2.45) is 7.05 Å². The van der Waals surface area contributed by atoms with Crippen LogP contribution in [-0.4, -0.2) is 119 Å². The summed E-state index contributed by atoms with van der Waals surface area (Å²) in [5.74, 6) is -0.143. The summed E-state index contributed by atoms with van der Waals surface area (Å²) in [6.45, 7) is 5.64. The first-order valence-corrected chi connectivity index (χ1v) is 18.8. The van der Waals surface area contributed by atoms with E-state index < -0.39 is 29.7 Å². The minimum atomic E-state index is -0.993. The number of nitrogens with one attached hydrogen (secondary N) is 1. The van der Waals surface area contributed by atoms with Gasteiger partial charge in [0.2, 0.25) is 11.8 Å². The third kappa shape index (κ3) is 8.81. The van der Waals surface area contributed by atoms with E-state index in [4.69, 9.17) is 24.1 Å². The van der Waals surface area contributed by atoms with Crippen molar-refractivity contribution in [3.05, 3.63) is 82.0 Å². The second kappa shape index (κ2) is 18.2. The first-order chi connectivity index (χ1) is 27.6. The third-order valence-electron chi connectivity index (χ3n) is 10.5. The topological polar surface area (TPSA) is 190 Å². The van der Waals surface area contributed by atoms with E-state index in [1.165, 1.54) is 0 Å². The number of piperazine rings is 1. The van der Waals surface area contributed by atoms with Crippen LogP contribution in [0.4, 0.5) is 0 Å². The lowest BCUT2D eigenvalue weighted by molar-refractivity contribution is -0.136. The average Bonchev–Trinajstić information content (AvgIpc) is 3.46. The van der Waals surface area contributed by atoms with E-state index in [-0.39, 0.29) is 36.0 Å². The maximum Gasteiger partial charge on any atom is 0.290 e. The Bertz CT molecular complexity index is 2210. The van der Waals surface area contributed by atoms with Gasteiger partial charge in [0, 0.05) is 70.3 Å². The summed E-state index contributed by atoms with van der Waals surface area (Å²) < 4.78 is 19.3. The number of benzene rings is 2. The van der Waals surface area contributed by atoms with Crippen molar-refractivity contribution >= 4 is 40.9 Å². The number of imide groups is 2. The zero-order valence-electron chi connectivity index (χ0n) is 32.2. The fourth-order valence-corrected chi connectivity index (χ4v) is 7.58. The number of rotatable bonds is 13. The average molecular weight is 783 g/mol. The van der Waals surface area contributed by atoms with Gasteiger partial charge in [-0.2, -0.15) is 0 Å². The number of carbonyl (C=O) groups excluding carboxylic acids is 4. The molecule has 2 aromatic carbocycles. The van der Waals surface area contributed by atoms with E-state index >= 15 is 0 Å². The molecule has 0 radical (unpaired) electrons. The molecule has 16 heteroatoms. The number of ether oxygens (including phenoxy) is 3. The van der Waals surface area contributed by atoms with Gasteiger partial charge in [-0.3, -0.25) is 48.9 Å². The lowest BCUT2D eigenvalue weighted by Gasteiger charge is -2.35. The highest BCUT2D eigenvalue weighted by molar-refractivity contribution is 6.23. The Kier molecular flexibility index (Phi) is 12.9. The predicted molar refractivity (Wildman–Crippen MR) is 208 cm³/mol. The molecule has 0 saturated carbocycles. The van der Waals surface area contributed by atoms with Crippen LogP contribution in [0.1, 0.15) is 58.4 Å². The van der Waals surface area contributed by atoms with Crippen molar-refractivity contribution in [2.75, 3.05) is 53.6 Å². The number of hydrogen-bond acceptors (Lipinski definition) is 12. The summed E-state index contributed by atoms with van der Waals surface area (Å²) in [5.41, 5.74) is 3.13. The van der Waals surface area contributed by atoms with E-state index in [1.54, 1.807) is 56.4 Å². The molecule has 3 aliphatic rings. The Labute approximate surface area is 328 Å². The number of aryl methyl sites for hydroxylation is 1. The molecule has 0 aliphatic carbocycles. The van der Waals surface area contributed by atoms with E-state index in [1.807, 2.05) is 24.4 Å². The van der Waals surface area contributed by atoms with Crippen molar-refractivity contribution in [1.29, 1.82) is 0 Å². The number of carboxylic acid groups (broad SMARTS) is 1. The number of amides is 4. The Morgan fingerprint density at radius 1 is 0.860 bits per heavy atom. The molecule has 2 saturated heterocycles. The summed E-state index contributed by atoms with van der Waals surface area (Å²) in [5, 5.41) is 10.5. The summed E-state index contributed by atoms with van der Waals surface area (Å²) in [7, 11) is 5.08. The lowest BCUT2D eigenvalue weighted by atomic mass is 9.99. The highest BCUT2D eigenvalue weighted by Gasteiger charge is 2.44. The van der Waals surface area contributed by atoms with Crippen LogP contribution in [-0.2, 0) is 28.0 Å². The van der Waals surface area contributed by atoms with Crippen molar-refractivity contribution in [1.82, 2.24) is 29.6 Å². The van der Waals surface area contributed by atoms with Gasteiger partial charge in [0.15, 0.2) is 0 Å². The van der Waals surface area contributed by atoms with Gasteiger partial charge in [-0.15, -0.1) is 0 Å². The monoisotopic (exact) mass is 782 g/mol. The van der Waals surface area contributed by atoms with Crippen LogP contribution in [0.2, 0.25) is 0 Å². The SMILES string of the molecule is COc1cc(-c2cn(C)c(=O)c3cnccc23)cc(OC)c1CN1CCN(CCCCCOc2ccc3c(c2)C(=O)N(C2CCC(=O)NC2=O)C3=O)CC1.O=CO. The molecule has 2 N–H and O–H groups in total. The Morgan fingerprint density at radius 3 is 2.23 bits per heavy atom. The maximum atomic E-state index is 13.1. The molecule has 300 valence electrons. The standard InChI is InChI=1S/C40H44N6O8.CH2O2/c1-43-23-31(27-11-12-41-22-30(27)38(43)49)25-19-34(52-2)32(35(20-25)53-3)24-45-16-14-44(15-17-45)13-5-4-6-18-54-26-7-8-28-29(21-26)40(51)46(39(28)50)33-9-10-36(47)42-37(33)48;2-1-3/h7-8,11-12,19-23,33H,4-6,9-10,13-18,24H2,1-3H3,(H,42,47,48);1H,(H,2,3). The van der Waals surface area contributed by atoms with Gasteiger partial charge in [-0.1, -0.05) is 0 Å². The van der Waals surface area contributed by atoms with Crippen LogP contribution in [0.5, 0.6) is 17.2 Å². The molecule has 16 nitrogen and oxygen atoms in total. The quantitative estimate of drug-likeness (QED) is 0.115. The molecule has 7 rings (SSSR count). The number of methoxy groups -OCH3 is 2. The van der Waals surface area contributed by atoms with E-state index in [0.29, 0.717) is 24.3 Å². The Balaban J connectivity index is 0.00000177. The molecule has 2 fully saturated rings. The molecule has 0 spiro atoms. The summed E-state index contributed by atoms with van der Waals surface area (Å²) in [6, 6.07) is 9.69. The number of hydrogen-bond donors (Lipinski definition) is 2. The van der Waals surface area contributed by atoms with Crippen LogP contribution < -0.4 is 25.1 Å². The fraction of sp³-hybridized carbons (Fsp3) is 0.390. The molecule has 4 aromatic rings. The van der Waals surface area contributed by atoms with Gasteiger partial charge >= 0.3 is 0 Å². The van der Waals surface area contributed by atoms with Gasteiger partial charge < -0.3 is 28.8 Å². The van der Waals surface area contributed by atoms with E-state index in [0.717, 1.165) is 90.5 Å². The van der Waals surface area contributed by atoms with Gasteiger partial charge in [-0.05, 0) is 79.6 Å². The number of pyridine rings is 2. The molecule has 4 amide bonds. The maximum absolute atomic E-state index is 13.1. The van der Waals surface area contributed by atoms with Crippen LogP contribution in [0.3, 0.4) is 0 Å². The van der Waals surface area contributed by atoms with Crippen LogP contribution in [0.25, 0.3) is 21.9 Å². The van der Waals surface area contributed by atoms with Crippen LogP contribution in [0.15, 0.2) is 59.8 Å². The molecular formula is C41H46N6O10. The number of carbonyl (C=O) groups is 5. The number of nitrogens with zero attached hydrogens (tertiary/aromatic N) is 5. The van der Waals surface area contributed by atoms with Gasteiger partial charge in [-0.25, -0.2) is 0 Å². The molecule has 3 aliphatic heterocycles. The molecule has 5 heterocycles.